The van der Waals surface area contributed by atoms with E-state index in [-0.39, 0.29) is 12.5 Å². The van der Waals surface area contributed by atoms with Gasteiger partial charge in [0.15, 0.2) is 0 Å². The molecule has 0 unspecified atom stereocenters. The molecule has 0 radical (unpaired) electrons. The summed E-state index contributed by atoms with van der Waals surface area (Å²) in [4.78, 5) is 20.2. The predicted molar refractivity (Wildman–Crippen MR) is 103 cm³/mol. The number of nitrogens with one attached hydrogen (secondary N) is 1. The van der Waals surface area contributed by atoms with Crippen molar-refractivity contribution in [2.24, 2.45) is 0 Å². The smallest absolute Gasteiger partial charge is 0.355 e. The minimum Gasteiger partial charge on any atom is -0.355 e. The molecule has 1 aliphatic rings. The molecule has 0 aliphatic carbocycles. The highest BCUT2D eigenvalue weighted by Crippen LogP contribution is 2.29. The highest BCUT2D eigenvalue weighted by Gasteiger charge is 2.31. The molecule has 150 valence electrons. The van der Waals surface area contributed by atoms with Gasteiger partial charge < -0.3 is 10.2 Å². The van der Waals surface area contributed by atoms with Crippen LogP contribution in [0.5, 0.6) is 0 Å². The lowest BCUT2D eigenvalue weighted by Gasteiger charge is -2.23. The van der Waals surface area contributed by atoms with Gasteiger partial charge in [-0.05, 0) is 30.7 Å². The van der Waals surface area contributed by atoms with Gasteiger partial charge in [0.25, 0.3) is 0 Å². The summed E-state index contributed by atoms with van der Waals surface area (Å²) in [5.41, 5.74) is -0.191. The van der Waals surface area contributed by atoms with Crippen molar-refractivity contribution in [2.75, 3.05) is 42.9 Å². The Labute approximate surface area is 166 Å². The van der Waals surface area contributed by atoms with Crippen molar-refractivity contribution in [1.82, 2.24) is 9.88 Å². The number of alkyl halides is 3. The van der Waals surface area contributed by atoms with Crippen LogP contribution in [-0.2, 0) is 11.0 Å². The molecule has 0 bridgehead atoms. The van der Waals surface area contributed by atoms with Crippen molar-refractivity contribution in [1.29, 1.82) is 0 Å². The molecule has 1 N–H and O–H groups in total. The number of halogens is 4. The van der Waals surface area contributed by atoms with Crippen molar-refractivity contribution in [3.8, 4) is 0 Å². The molecule has 0 atom stereocenters. The number of anilines is 2. The van der Waals surface area contributed by atoms with E-state index in [1.54, 1.807) is 24.3 Å². The van der Waals surface area contributed by atoms with Crippen LogP contribution in [0.1, 0.15) is 12.0 Å². The van der Waals surface area contributed by atoms with E-state index in [9.17, 15) is 18.0 Å². The van der Waals surface area contributed by atoms with E-state index >= 15 is 0 Å². The minimum absolute atomic E-state index is 0.158. The molecule has 2 aromatic rings. The topological polar surface area (TPSA) is 48.5 Å². The lowest BCUT2D eigenvalue weighted by molar-refractivity contribution is -0.137. The maximum Gasteiger partial charge on any atom is 0.417 e. The average Bonchev–Trinajstić information content (AvgIpc) is 2.88. The van der Waals surface area contributed by atoms with Crippen LogP contribution in [-0.4, -0.2) is 48.5 Å². The van der Waals surface area contributed by atoms with E-state index in [0.717, 1.165) is 18.7 Å². The zero-order valence-electron chi connectivity index (χ0n) is 15.0. The molecule has 1 aromatic carbocycles. The quantitative estimate of drug-likeness (QED) is 0.827. The number of aromatic nitrogens is 1. The van der Waals surface area contributed by atoms with Crippen LogP contribution in [0.3, 0.4) is 0 Å². The van der Waals surface area contributed by atoms with Crippen LogP contribution < -0.4 is 10.2 Å². The monoisotopic (exact) mass is 412 g/mol. The van der Waals surface area contributed by atoms with Gasteiger partial charge in [-0.1, -0.05) is 23.7 Å². The Hall–Kier alpha value is -2.32. The number of hydrogen-bond acceptors (Lipinski definition) is 4. The van der Waals surface area contributed by atoms with E-state index in [2.05, 4.69) is 10.3 Å². The number of pyridine rings is 1. The van der Waals surface area contributed by atoms with E-state index in [1.165, 1.54) is 6.07 Å². The number of para-hydroxylation sites is 1. The van der Waals surface area contributed by atoms with Crippen LogP contribution in [0.15, 0.2) is 42.6 Å². The van der Waals surface area contributed by atoms with Gasteiger partial charge in [0.05, 0.1) is 22.8 Å². The second kappa shape index (κ2) is 8.79. The molecular weight excluding hydrogens is 393 g/mol. The molecule has 0 spiro atoms. The first kappa shape index (κ1) is 20.4. The second-order valence-electron chi connectivity index (χ2n) is 6.55. The number of amides is 1. The van der Waals surface area contributed by atoms with Gasteiger partial charge in [-0.2, -0.15) is 13.2 Å². The Bertz CT molecular complexity index is 814. The van der Waals surface area contributed by atoms with Crippen LogP contribution >= 0.6 is 11.6 Å². The first-order chi connectivity index (χ1) is 13.3. The van der Waals surface area contributed by atoms with Crippen LogP contribution in [0.25, 0.3) is 0 Å². The zero-order chi connectivity index (χ0) is 20.1. The van der Waals surface area contributed by atoms with Gasteiger partial charge in [0, 0.05) is 32.4 Å². The van der Waals surface area contributed by atoms with Crippen molar-refractivity contribution in [3.63, 3.8) is 0 Å². The van der Waals surface area contributed by atoms with Crippen LogP contribution in [0.2, 0.25) is 5.02 Å². The standard InChI is InChI=1S/C19H20ClF3N4O/c20-15-4-1-2-5-16(15)25-18(28)13-26-8-3-9-27(11-10-26)17-7-6-14(12-24-17)19(21,22)23/h1-2,4-7,12H,3,8-11,13H2,(H,25,28). The number of nitrogens with zero attached hydrogens (tertiary/aromatic N) is 3. The summed E-state index contributed by atoms with van der Waals surface area (Å²) in [6.45, 7) is 2.80. The summed E-state index contributed by atoms with van der Waals surface area (Å²) in [6, 6.07) is 9.46. The summed E-state index contributed by atoms with van der Waals surface area (Å²) in [6.07, 6.45) is -2.76. The van der Waals surface area contributed by atoms with Crippen LogP contribution in [0, 0.1) is 0 Å². The first-order valence-electron chi connectivity index (χ1n) is 8.88. The van der Waals surface area contributed by atoms with E-state index in [0.29, 0.717) is 42.7 Å². The Morgan fingerprint density at radius 1 is 1.11 bits per heavy atom. The Morgan fingerprint density at radius 3 is 2.57 bits per heavy atom. The number of carbonyl (C=O) groups excluding carboxylic acids is 1. The maximum absolute atomic E-state index is 12.7. The fourth-order valence-corrected chi connectivity index (χ4v) is 3.24. The van der Waals surface area contributed by atoms with Crippen molar-refractivity contribution in [3.05, 3.63) is 53.2 Å². The highest BCUT2D eigenvalue weighted by molar-refractivity contribution is 6.33. The van der Waals surface area contributed by atoms with E-state index in [1.807, 2.05) is 9.80 Å². The molecule has 5 nitrogen and oxygen atoms in total. The second-order valence-corrected chi connectivity index (χ2v) is 6.95. The number of hydrogen-bond donors (Lipinski definition) is 1. The normalized spacial score (nSPS) is 15.9. The number of rotatable bonds is 4. The summed E-state index contributed by atoms with van der Waals surface area (Å²) < 4.78 is 38.0. The molecule has 1 amide bonds. The largest absolute Gasteiger partial charge is 0.417 e. The number of benzene rings is 1. The SMILES string of the molecule is O=C(CN1CCCN(c2ccc(C(F)(F)F)cn2)CC1)Nc1ccccc1Cl. The molecule has 0 saturated carbocycles. The van der Waals surface area contributed by atoms with E-state index in [4.69, 9.17) is 11.6 Å². The Kier molecular flexibility index (Phi) is 6.41. The van der Waals surface area contributed by atoms with E-state index < -0.39 is 11.7 Å². The molecule has 3 rings (SSSR count). The van der Waals surface area contributed by atoms with Gasteiger partial charge in [-0.3, -0.25) is 9.69 Å². The summed E-state index contributed by atoms with van der Waals surface area (Å²) >= 11 is 6.05. The fourth-order valence-electron chi connectivity index (χ4n) is 3.05. The molecule has 1 fully saturated rings. The molecule has 1 saturated heterocycles. The summed E-state index contributed by atoms with van der Waals surface area (Å²) in [5, 5.41) is 3.27. The number of carbonyl (C=O) groups is 1. The van der Waals surface area contributed by atoms with Crippen molar-refractivity contribution >= 4 is 29.0 Å². The van der Waals surface area contributed by atoms with Crippen molar-refractivity contribution in [2.45, 2.75) is 12.6 Å². The molecule has 1 aliphatic heterocycles. The van der Waals surface area contributed by atoms with Gasteiger partial charge in [-0.25, -0.2) is 4.98 Å². The Morgan fingerprint density at radius 2 is 1.89 bits per heavy atom. The maximum atomic E-state index is 12.7. The third-order valence-corrected chi connectivity index (χ3v) is 4.83. The average molecular weight is 413 g/mol. The van der Waals surface area contributed by atoms with Gasteiger partial charge >= 0.3 is 6.18 Å². The third-order valence-electron chi connectivity index (χ3n) is 4.50. The highest BCUT2D eigenvalue weighted by atomic mass is 35.5. The molecule has 28 heavy (non-hydrogen) atoms. The predicted octanol–water partition coefficient (Wildman–Crippen LogP) is 3.90. The molecule has 9 heteroatoms. The lowest BCUT2D eigenvalue weighted by atomic mass is 10.2. The lowest BCUT2D eigenvalue weighted by Crippen LogP contribution is -2.36. The molecule has 1 aromatic heterocycles. The van der Waals surface area contributed by atoms with Gasteiger partial charge in [-0.15, -0.1) is 0 Å². The fraction of sp³-hybridized carbons (Fsp3) is 0.368. The summed E-state index contributed by atoms with van der Waals surface area (Å²) in [5.74, 6) is 0.351. The molecular formula is C19H20ClF3N4O. The third kappa shape index (κ3) is 5.36. The summed E-state index contributed by atoms with van der Waals surface area (Å²) in [7, 11) is 0. The van der Waals surface area contributed by atoms with Gasteiger partial charge in [0.2, 0.25) is 5.91 Å². The minimum atomic E-state index is -4.39. The first-order valence-corrected chi connectivity index (χ1v) is 9.25. The molecule has 2 heterocycles. The zero-order valence-corrected chi connectivity index (χ0v) is 15.8. The van der Waals surface area contributed by atoms with Crippen LogP contribution in [0.4, 0.5) is 24.7 Å². The van der Waals surface area contributed by atoms with Crippen molar-refractivity contribution < 1.29 is 18.0 Å². The van der Waals surface area contributed by atoms with Gasteiger partial charge in [0.1, 0.15) is 5.82 Å². The Balaban J connectivity index is 1.54.